The van der Waals surface area contributed by atoms with E-state index in [-0.39, 0.29) is 30.6 Å². The van der Waals surface area contributed by atoms with Gasteiger partial charge in [-0.05, 0) is 18.2 Å². The van der Waals surface area contributed by atoms with Gasteiger partial charge in [0.25, 0.3) is 0 Å². The Morgan fingerprint density at radius 1 is 1.24 bits per heavy atom. The first-order valence-corrected chi connectivity index (χ1v) is 6.24. The fourth-order valence-corrected chi connectivity index (χ4v) is 1.60. The van der Waals surface area contributed by atoms with Crippen molar-refractivity contribution in [2.24, 2.45) is 7.05 Å². The highest BCUT2D eigenvalue weighted by atomic mass is 19.1. The van der Waals surface area contributed by atoms with Gasteiger partial charge in [-0.1, -0.05) is 6.07 Å². The van der Waals surface area contributed by atoms with E-state index in [2.05, 4.69) is 20.7 Å². The van der Waals surface area contributed by atoms with E-state index in [4.69, 9.17) is 0 Å². The molecule has 0 saturated carbocycles. The fourth-order valence-electron chi connectivity index (χ4n) is 1.60. The number of halogens is 1. The molecule has 0 radical (unpaired) electrons. The lowest BCUT2D eigenvalue weighted by molar-refractivity contribution is -0.121. The van der Waals surface area contributed by atoms with Gasteiger partial charge >= 0.3 is 0 Å². The minimum Gasteiger partial charge on any atom is -0.326 e. The van der Waals surface area contributed by atoms with E-state index in [0.29, 0.717) is 5.69 Å². The zero-order chi connectivity index (χ0) is 15.2. The van der Waals surface area contributed by atoms with Crippen molar-refractivity contribution in [3.8, 4) is 0 Å². The highest BCUT2D eigenvalue weighted by Crippen LogP contribution is 2.09. The van der Waals surface area contributed by atoms with Crippen molar-refractivity contribution >= 4 is 23.5 Å². The molecule has 1 aromatic carbocycles. The molecule has 2 rings (SSSR count). The van der Waals surface area contributed by atoms with E-state index < -0.39 is 5.82 Å². The molecule has 2 N–H and O–H groups in total. The maximum absolute atomic E-state index is 12.9. The minimum absolute atomic E-state index is 0.0145. The minimum atomic E-state index is -0.438. The number of nitrogens with zero attached hydrogens (tertiary/aromatic N) is 3. The molecule has 0 aliphatic rings. The summed E-state index contributed by atoms with van der Waals surface area (Å²) >= 11 is 0. The highest BCUT2D eigenvalue weighted by molar-refractivity contribution is 5.96. The largest absolute Gasteiger partial charge is 0.326 e. The maximum atomic E-state index is 12.9. The van der Waals surface area contributed by atoms with Gasteiger partial charge in [0, 0.05) is 25.6 Å². The van der Waals surface area contributed by atoms with Crippen LogP contribution in [0.5, 0.6) is 0 Å². The number of carbonyl (C=O) groups is 2. The van der Waals surface area contributed by atoms with Gasteiger partial charge < -0.3 is 5.32 Å². The van der Waals surface area contributed by atoms with E-state index in [0.717, 1.165) is 0 Å². The second-order valence-electron chi connectivity index (χ2n) is 4.35. The van der Waals surface area contributed by atoms with Crippen LogP contribution in [-0.4, -0.2) is 26.6 Å². The molecule has 0 unspecified atom stereocenters. The Morgan fingerprint density at radius 3 is 2.57 bits per heavy atom. The van der Waals surface area contributed by atoms with Crippen LogP contribution in [0.2, 0.25) is 0 Å². The predicted octanol–water partition coefficient (Wildman–Crippen LogP) is 1.31. The molecule has 21 heavy (non-hydrogen) atoms. The van der Waals surface area contributed by atoms with Crippen molar-refractivity contribution in [1.29, 1.82) is 0 Å². The molecule has 0 spiro atoms. The number of amides is 2. The van der Waals surface area contributed by atoms with Crippen LogP contribution in [-0.2, 0) is 16.6 Å². The summed E-state index contributed by atoms with van der Waals surface area (Å²) in [7, 11) is 1.68. The molecular weight excluding hydrogens is 277 g/mol. The fraction of sp³-hybridized carbons (Fsp3) is 0.231. The van der Waals surface area contributed by atoms with Gasteiger partial charge in [0.15, 0.2) is 0 Å². The average molecular weight is 291 g/mol. The number of carbonyl (C=O) groups excluding carboxylic acids is 2. The third-order valence-electron chi connectivity index (χ3n) is 2.54. The van der Waals surface area contributed by atoms with E-state index in [9.17, 15) is 14.0 Å². The Hall–Kier alpha value is -2.77. The summed E-state index contributed by atoms with van der Waals surface area (Å²) in [5.74, 6) is -0.986. The van der Waals surface area contributed by atoms with Crippen molar-refractivity contribution in [1.82, 2.24) is 14.8 Å². The zero-order valence-corrected chi connectivity index (χ0v) is 11.3. The number of anilines is 2. The molecule has 8 heteroatoms. The summed E-state index contributed by atoms with van der Waals surface area (Å²) in [5, 5.41) is 8.87. The van der Waals surface area contributed by atoms with Crippen molar-refractivity contribution in [3.05, 3.63) is 36.4 Å². The van der Waals surface area contributed by atoms with Crippen LogP contribution in [0.1, 0.15) is 12.8 Å². The maximum Gasteiger partial charge on any atom is 0.248 e. The lowest BCUT2D eigenvalue weighted by Crippen LogP contribution is -2.18. The van der Waals surface area contributed by atoms with Crippen molar-refractivity contribution in [2.75, 3.05) is 10.6 Å². The van der Waals surface area contributed by atoms with Crippen LogP contribution in [0.4, 0.5) is 16.0 Å². The molecule has 0 fully saturated rings. The van der Waals surface area contributed by atoms with E-state index >= 15 is 0 Å². The number of nitrogens with one attached hydrogen (secondary N) is 2. The molecule has 110 valence electrons. The quantitative estimate of drug-likeness (QED) is 0.869. The summed E-state index contributed by atoms with van der Waals surface area (Å²) in [5.41, 5.74) is 0.354. The van der Waals surface area contributed by atoms with Crippen molar-refractivity contribution in [3.63, 3.8) is 0 Å². The molecular formula is C13H14FN5O2. The molecule has 7 nitrogen and oxygen atoms in total. The number of aryl methyl sites for hydroxylation is 1. The van der Waals surface area contributed by atoms with E-state index in [1.807, 2.05) is 0 Å². The normalized spacial score (nSPS) is 10.2. The van der Waals surface area contributed by atoms with Gasteiger partial charge in [-0.3, -0.25) is 19.6 Å². The lowest BCUT2D eigenvalue weighted by Gasteiger charge is -2.05. The van der Waals surface area contributed by atoms with Gasteiger partial charge in [-0.25, -0.2) is 9.37 Å². The number of hydrogen-bond donors (Lipinski definition) is 2. The second kappa shape index (κ2) is 6.60. The van der Waals surface area contributed by atoms with Crippen molar-refractivity contribution < 1.29 is 14.0 Å². The van der Waals surface area contributed by atoms with E-state index in [1.54, 1.807) is 13.1 Å². The van der Waals surface area contributed by atoms with Crippen LogP contribution in [0.25, 0.3) is 0 Å². The standard InChI is InChI=1S/C13H14FN5O2/c1-19-8-15-13(18-19)17-12(21)6-5-11(20)16-10-4-2-3-9(14)7-10/h2-4,7-8H,5-6H2,1H3,(H,16,20)(H,17,18,21). The summed E-state index contributed by atoms with van der Waals surface area (Å²) in [6, 6.07) is 5.54. The molecule has 0 saturated heterocycles. The average Bonchev–Trinajstić information content (AvgIpc) is 2.82. The monoisotopic (exact) mass is 291 g/mol. The van der Waals surface area contributed by atoms with Gasteiger partial charge in [-0.15, -0.1) is 5.10 Å². The van der Waals surface area contributed by atoms with Gasteiger partial charge in [0.1, 0.15) is 12.1 Å². The van der Waals surface area contributed by atoms with Crippen LogP contribution in [0.15, 0.2) is 30.6 Å². The second-order valence-corrected chi connectivity index (χ2v) is 4.35. The van der Waals surface area contributed by atoms with Gasteiger partial charge in [0.05, 0.1) is 0 Å². The first kappa shape index (κ1) is 14.6. The summed E-state index contributed by atoms with van der Waals surface area (Å²) in [6.45, 7) is 0. The molecule has 1 aromatic heterocycles. The molecule has 2 aromatic rings. The van der Waals surface area contributed by atoms with Crippen LogP contribution in [0.3, 0.4) is 0 Å². The molecule has 0 aliphatic heterocycles. The SMILES string of the molecule is Cn1cnc(NC(=O)CCC(=O)Nc2cccc(F)c2)n1. The Morgan fingerprint density at radius 2 is 1.95 bits per heavy atom. The smallest absolute Gasteiger partial charge is 0.248 e. The van der Waals surface area contributed by atoms with E-state index in [1.165, 1.54) is 29.2 Å². The Balaban J connectivity index is 1.77. The summed E-state index contributed by atoms with van der Waals surface area (Å²) in [6.07, 6.45) is 1.42. The Labute approximate surface area is 120 Å². The Kier molecular flexibility index (Phi) is 4.60. The van der Waals surface area contributed by atoms with Crippen LogP contribution in [0, 0.1) is 5.82 Å². The number of rotatable bonds is 5. The first-order chi connectivity index (χ1) is 10.0. The molecule has 0 atom stereocenters. The topological polar surface area (TPSA) is 88.9 Å². The summed E-state index contributed by atoms with van der Waals surface area (Å²) in [4.78, 5) is 27.1. The number of aromatic nitrogens is 3. The third kappa shape index (κ3) is 4.68. The highest BCUT2D eigenvalue weighted by Gasteiger charge is 2.09. The molecule has 2 amide bonds. The zero-order valence-electron chi connectivity index (χ0n) is 11.3. The third-order valence-corrected chi connectivity index (χ3v) is 2.54. The van der Waals surface area contributed by atoms with Crippen LogP contribution < -0.4 is 10.6 Å². The van der Waals surface area contributed by atoms with Gasteiger partial charge in [0.2, 0.25) is 17.8 Å². The Bertz CT molecular complexity index is 656. The number of hydrogen-bond acceptors (Lipinski definition) is 4. The number of benzene rings is 1. The predicted molar refractivity (Wildman–Crippen MR) is 73.9 cm³/mol. The molecule has 0 bridgehead atoms. The first-order valence-electron chi connectivity index (χ1n) is 6.24. The van der Waals surface area contributed by atoms with Crippen LogP contribution >= 0.6 is 0 Å². The molecule has 1 heterocycles. The van der Waals surface area contributed by atoms with Gasteiger partial charge in [-0.2, -0.15) is 0 Å². The molecule has 0 aliphatic carbocycles. The summed E-state index contributed by atoms with van der Waals surface area (Å²) < 4.78 is 14.4. The van der Waals surface area contributed by atoms with Crippen molar-refractivity contribution in [2.45, 2.75) is 12.8 Å². The lowest BCUT2D eigenvalue weighted by atomic mass is 10.2.